The molecule has 60 valence electrons. The van der Waals surface area contributed by atoms with E-state index in [1.165, 1.54) is 0 Å². The van der Waals surface area contributed by atoms with E-state index >= 15 is 0 Å². The lowest BCUT2D eigenvalue weighted by molar-refractivity contribution is 0.509. The molecule has 0 saturated heterocycles. The molecular weight excluding hydrogens is 172 g/mol. The highest BCUT2D eigenvalue weighted by Crippen LogP contribution is 2.23. The summed E-state index contributed by atoms with van der Waals surface area (Å²) in [7, 11) is 1.58. The molecular formula is C7H6ClF2N. The van der Waals surface area contributed by atoms with E-state index in [2.05, 4.69) is 5.32 Å². The lowest BCUT2D eigenvalue weighted by Gasteiger charge is -2.02. The Morgan fingerprint density at radius 2 is 1.82 bits per heavy atom. The standard InChI is InChI=1S/C7H6ClF2N/c1-11-7-3-6(10)5(9)2-4(7)8/h2-3,11H,1H3. The molecule has 1 aromatic rings. The van der Waals surface area contributed by atoms with Crippen molar-refractivity contribution in [2.24, 2.45) is 0 Å². The van der Waals surface area contributed by atoms with Gasteiger partial charge in [-0.15, -0.1) is 0 Å². The third-order valence-corrected chi connectivity index (χ3v) is 1.59. The van der Waals surface area contributed by atoms with Crippen LogP contribution in [0.25, 0.3) is 0 Å². The van der Waals surface area contributed by atoms with Gasteiger partial charge < -0.3 is 5.32 Å². The average molecular weight is 178 g/mol. The van der Waals surface area contributed by atoms with Crippen LogP contribution >= 0.6 is 11.6 Å². The number of benzene rings is 1. The third kappa shape index (κ3) is 1.60. The Balaban J connectivity index is 3.21. The van der Waals surface area contributed by atoms with Gasteiger partial charge in [-0.3, -0.25) is 0 Å². The SMILES string of the molecule is CNc1cc(F)c(F)cc1Cl. The molecule has 1 aromatic carbocycles. The van der Waals surface area contributed by atoms with Crippen LogP contribution in [0.5, 0.6) is 0 Å². The summed E-state index contributed by atoms with van der Waals surface area (Å²) in [5.41, 5.74) is 0.380. The van der Waals surface area contributed by atoms with E-state index in [4.69, 9.17) is 11.6 Å². The molecule has 0 amide bonds. The number of rotatable bonds is 1. The summed E-state index contributed by atoms with van der Waals surface area (Å²) in [6, 6.07) is 1.94. The maximum absolute atomic E-state index is 12.5. The molecule has 0 aliphatic carbocycles. The van der Waals surface area contributed by atoms with E-state index < -0.39 is 11.6 Å². The van der Waals surface area contributed by atoms with Gasteiger partial charge in [0.2, 0.25) is 0 Å². The predicted molar refractivity (Wildman–Crippen MR) is 40.9 cm³/mol. The zero-order valence-corrected chi connectivity index (χ0v) is 6.54. The Morgan fingerprint density at radius 3 is 2.36 bits per heavy atom. The first kappa shape index (κ1) is 8.27. The van der Waals surface area contributed by atoms with Gasteiger partial charge >= 0.3 is 0 Å². The molecule has 11 heavy (non-hydrogen) atoms. The highest BCUT2D eigenvalue weighted by atomic mass is 35.5. The van der Waals surface area contributed by atoms with Crippen LogP contribution in [0, 0.1) is 11.6 Å². The number of hydrogen-bond donors (Lipinski definition) is 1. The molecule has 0 saturated carbocycles. The van der Waals surface area contributed by atoms with Gasteiger partial charge in [0.1, 0.15) is 0 Å². The Morgan fingerprint density at radius 1 is 1.27 bits per heavy atom. The van der Waals surface area contributed by atoms with E-state index in [1.54, 1.807) is 7.05 Å². The van der Waals surface area contributed by atoms with Crippen LogP contribution in [0.1, 0.15) is 0 Å². The van der Waals surface area contributed by atoms with Gasteiger partial charge in [-0.1, -0.05) is 11.6 Å². The van der Waals surface area contributed by atoms with Crippen molar-refractivity contribution in [2.75, 3.05) is 12.4 Å². The molecule has 0 unspecified atom stereocenters. The Hall–Kier alpha value is -0.830. The van der Waals surface area contributed by atoms with Gasteiger partial charge in [0.05, 0.1) is 10.7 Å². The van der Waals surface area contributed by atoms with Crippen molar-refractivity contribution in [3.63, 3.8) is 0 Å². The van der Waals surface area contributed by atoms with Gasteiger partial charge in [0.25, 0.3) is 0 Å². The van der Waals surface area contributed by atoms with Gasteiger partial charge in [-0.25, -0.2) is 8.78 Å². The number of nitrogens with one attached hydrogen (secondary N) is 1. The van der Waals surface area contributed by atoms with Crippen molar-refractivity contribution < 1.29 is 8.78 Å². The summed E-state index contributed by atoms with van der Waals surface area (Å²) in [6.45, 7) is 0. The van der Waals surface area contributed by atoms with Crippen LogP contribution in [0.2, 0.25) is 5.02 Å². The molecule has 0 aliphatic heterocycles. The first-order valence-electron chi connectivity index (χ1n) is 2.97. The smallest absolute Gasteiger partial charge is 0.160 e. The van der Waals surface area contributed by atoms with Crippen molar-refractivity contribution in [3.05, 3.63) is 28.8 Å². The van der Waals surface area contributed by atoms with E-state index in [0.717, 1.165) is 12.1 Å². The maximum atomic E-state index is 12.5. The van der Waals surface area contributed by atoms with Gasteiger partial charge in [-0.2, -0.15) is 0 Å². The highest BCUT2D eigenvalue weighted by Gasteiger charge is 2.05. The first-order valence-corrected chi connectivity index (χ1v) is 3.35. The highest BCUT2D eigenvalue weighted by molar-refractivity contribution is 6.33. The van der Waals surface area contributed by atoms with Crippen LogP contribution in [0.15, 0.2) is 12.1 Å². The second kappa shape index (κ2) is 3.05. The van der Waals surface area contributed by atoms with Crippen LogP contribution in [-0.4, -0.2) is 7.05 Å². The fraction of sp³-hybridized carbons (Fsp3) is 0.143. The summed E-state index contributed by atoms with van der Waals surface area (Å²) in [4.78, 5) is 0. The minimum absolute atomic E-state index is 0.173. The molecule has 4 heteroatoms. The fourth-order valence-corrected chi connectivity index (χ4v) is 0.959. The molecule has 0 heterocycles. The Bertz CT molecular complexity index is 275. The summed E-state index contributed by atoms with van der Waals surface area (Å²) in [5, 5.41) is 2.80. The summed E-state index contributed by atoms with van der Waals surface area (Å²) in [6.07, 6.45) is 0. The van der Waals surface area contributed by atoms with Crippen molar-refractivity contribution in [3.8, 4) is 0 Å². The fourth-order valence-electron chi connectivity index (χ4n) is 0.714. The normalized spacial score (nSPS) is 9.82. The minimum Gasteiger partial charge on any atom is -0.387 e. The molecule has 0 aliphatic rings. The molecule has 1 N–H and O–H groups in total. The summed E-state index contributed by atoms with van der Waals surface area (Å²) in [5.74, 6) is -1.84. The van der Waals surface area contributed by atoms with Crippen molar-refractivity contribution >= 4 is 17.3 Å². The molecule has 0 atom stereocenters. The van der Waals surface area contributed by atoms with Crippen LogP contribution in [-0.2, 0) is 0 Å². The van der Waals surface area contributed by atoms with Crippen LogP contribution in [0.4, 0.5) is 14.5 Å². The topological polar surface area (TPSA) is 12.0 Å². The molecule has 1 rings (SSSR count). The van der Waals surface area contributed by atoms with Gasteiger partial charge in [-0.05, 0) is 6.07 Å². The van der Waals surface area contributed by atoms with Crippen LogP contribution in [0.3, 0.4) is 0 Å². The molecule has 0 bridgehead atoms. The van der Waals surface area contributed by atoms with Crippen LogP contribution < -0.4 is 5.32 Å². The molecule has 1 nitrogen and oxygen atoms in total. The Kier molecular flexibility index (Phi) is 2.29. The van der Waals surface area contributed by atoms with E-state index in [0.29, 0.717) is 5.69 Å². The maximum Gasteiger partial charge on any atom is 0.160 e. The third-order valence-electron chi connectivity index (χ3n) is 1.28. The first-order chi connectivity index (χ1) is 5.15. The molecule has 0 fully saturated rings. The van der Waals surface area contributed by atoms with Gasteiger partial charge in [0, 0.05) is 13.1 Å². The summed E-state index contributed by atoms with van der Waals surface area (Å²) < 4.78 is 24.9. The average Bonchev–Trinajstić information content (AvgIpc) is 1.97. The van der Waals surface area contributed by atoms with Crippen molar-refractivity contribution in [1.29, 1.82) is 0 Å². The predicted octanol–water partition coefficient (Wildman–Crippen LogP) is 2.66. The number of hydrogen-bond acceptors (Lipinski definition) is 1. The second-order valence-electron chi connectivity index (χ2n) is 2.00. The summed E-state index contributed by atoms with van der Waals surface area (Å²) >= 11 is 5.53. The van der Waals surface area contributed by atoms with E-state index in [1.807, 2.05) is 0 Å². The number of halogens is 3. The number of anilines is 1. The lowest BCUT2D eigenvalue weighted by Crippen LogP contribution is -1.92. The quantitative estimate of drug-likeness (QED) is 0.651. The van der Waals surface area contributed by atoms with Crippen molar-refractivity contribution in [1.82, 2.24) is 0 Å². The van der Waals surface area contributed by atoms with Gasteiger partial charge in [0.15, 0.2) is 11.6 Å². The second-order valence-corrected chi connectivity index (χ2v) is 2.40. The zero-order valence-electron chi connectivity index (χ0n) is 5.79. The Labute approximate surface area is 68.0 Å². The minimum atomic E-state index is -0.936. The lowest BCUT2D eigenvalue weighted by atomic mass is 10.3. The van der Waals surface area contributed by atoms with Crippen molar-refractivity contribution in [2.45, 2.75) is 0 Å². The molecule has 0 radical (unpaired) electrons. The monoisotopic (exact) mass is 177 g/mol. The zero-order chi connectivity index (χ0) is 8.43. The molecule has 0 aromatic heterocycles. The largest absolute Gasteiger partial charge is 0.387 e. The molecule has 0 spiro atoms. The van der Waals surface area contributed by atoms with E-state index in [-0.39, 0.29) is 5.02 Å². The van der Waals surface area contributed by atoms with E-state index in [9.17, 15) is 8.78 Å².